The number of carbonyl (C=O) groups excluding carboxylic acids is 2. The van der Waals surface area contributed by atoms with E-state index in [9.17, 15) is 22.8 Å². The van der Waals surface area contributed by atoms with Crippen molar-refractivity contribution in [2.45, 2.75) is 44.7 Å². The van der Waals surface area contributed by atoms with Gasteiger partial charge < -0.3 is 0 Å². The van der Waals surface area contributed by atoms with Crippen molar-refractivity contribution in [1.82, 2.24) is 10.0 Å². The molecule has 0 N–H and O–H groups in total. The van der Waals surface area contributed by atoms with Gasteiger partial charge in [0.25, 0.3) is 0 Å². The van der Waals surface area contributed by atoms with E-state index in [4.69, 9.17) is 0 Å². The molecule has 2 aliphatic rings. The second-order valence-electron chi connectivity index (χ2n) is 6.13. The van der Waals surface area contributed by atoms with Crippen molar-refractivity contribution in [2.24, 2.45) is 11.3 Å². The highest BCUT2D eigenvalue weighted by molar-refractivity contribution is 5.97. The lowest BCUT2D eigenvalue weighted by Gasteiger charge is -2.46. The van der Waals surface area contributed by atoms with Crippen LogP contribution in [0.15, 0.2) is 0 Å². The molecule has 1 spiro atoms. The molecule has 0 bridgehead atoms. The molecule has 0 aromatic rings. The summed E-state index contributed by atoms with van der Waals surface area (Å²) in [6.45, 7) is 0. The third kappa shape index (κ3) is 2.82. The number of hydrogen-bond donors (Lipinski definition) is 0. The van der Waals surface area contributed by atoms with Gasteiger partial charge in [0.15, 0.2) is 0 Å². The summed E-state index contributed by atoms with van der Waals surface area (Å²) in [7, 11) is 3.15. The summed E-state index contributed by atoms with van der Waals surface area (Å²) in [4.78, 5) is 24.1. The maximum absolute atomic E-state index is 12.9. The standard InChI is InChI=1S/C13H19F3N2O2/c1-17(2)18-10(19)7-12(8-11(18)20)5-3-4-9(6-12)13(14,15)16/h9H,3-8H2,1-2H3/t9-/m1/s1. The first-order valence-electron chi connectivity index (χ1n) is 6.74. The minimum absolute atomic E-state index is 0.0312. The van der Waals surface area contributed by atoms with Crippen LogP contribution in [0.25, 0.3) is 0 Å². The van der Waals surface area contributed by atoms with Crippen molar-refractivity contribution in [1.29, 1.82) is 0 Å². The Labute approximate surface area is 115 Å². The largest absolute Gasteiger partial charge is 0.391 e. The molecule has 4 nitrogen and oxygen atoms in total. The average molecular weight is 292 g/mol. The van der Waals surface area contributed by atoms with Crippen LogP contribution in [0.2, 0.25) is 0 Å². The molecule has 0 aromatic heterocycles. The zero-order valence-electron chi connectivity index (χ0n) is 11.7. The number of nitrogens with zero attached hydrogens (tertiary/aromatic N) is 2. The van der Waals surface area contributed by atoms with E-state index in [-0.39, 0.29) is 25.7 Å². The zero-order valence-corrected chi connectivity index (χ0v) is 11.7. The summed E-state index contributed by atoms with van der Waals surface area (Å²) in [6.07, 6.45) is -3.23. The van der Waals surface area contributed by atoms with Gasteiger partial charge in [-0.25, -0.2) is 10.0 Å². The molecule has 1 atom stereocenters. The molecule has 0 aromatic carbocycles. The van der Waals surface area contributed by atoms with Crippen molar-refractivity contribution < 1.29 is 22.8 Å². The number of carbonyl (C=O) groups is 2. The molecule has 1 aliphatic heterocycles. The molecule has 0 unspecified atom stereocenters. The number of halogens is 3. The average Bonchev–Trinajstić information content (AvgIpc) is 2.25. The molecule has 1 heterocycles. The molecule has 2 fully saturated rings. The van der Waals surface area contributed by atoms with Crippen LogP contribution < -0.4 is 0 Å². The van der Waals surface area contributed by atoms with Crippen molar-refractivity contribution in [3.05, 3.63) is 0 Å². The van der Waals surface area contributed by atoms with E-state index in [2.05, 4.69) is 0 Å². The molecule has 114 valence electrons. The van der Waals surface area contributed by atoms with E-state index >= 15 is 0 Å². The fraction of sp³-hybridized carbons (Fsp3) is 0.846. The molecule has 20 heavy (non-hydrogen) atoms. The minimum atomic E-state index is -4.24. The van der Waals surface area contributed by atoms with E-state index < -0.39 is 29.3 Å². The normalized spacial score (nSPS) is 27.5. The molecular weight excluding hydrogens is 273 g/mol. The Kier molecular flexibility index (Phi) is 3.83. The highest BCUT2D eigenvalue weighted by atomic mass is 19.4. The van der Waals surface area contributed by atoms with Crippen LogP contribution in [-0.4, -0.2) is 42.1 Å². The van der Waals surface area contributed by atoms with Gasteiger partial charge in [-0.15, -0.1) is 0 Å². The van der Waals surface area contributed by atoms with Crippen molar-refractivity contribution in [3.8, 4) is 0 Å². The monoisotopic (exact) mass is 292 g/mol. The van der Waals surface area contributed by atoms with E-state index in [1.165, 1.54) is 5.01 Å². The molecule has 1 saturated heterocycles. The Morgan fingerprint density at radius 3 is 2.20 bits per heavy atom. The maximum Gasteiger partial charge on any atom is 0.391 e. The molecule has 1 saturated carbocycles. The van der Waals surface area contributed by atoms with Crippen molar-refractivity contribution in [2.75, 3.05) is 14.1 Å². The smallest absolute Gasteiger partial charge is 0.273 e. The van der Waals surface area contributed by atoms with Crippen molar-refractivity contribution >= 4 is 11.8 Å². The van der Waals surface area contributed by atoms with Crippen LogP contribution in [0.4, 0.5) is 13.2 Å². The van der Waals surface area contributed by atoms with Gasteiger partial charge in [-0.3, -0.25) is 9.59 Å². The van der Waals surface area contributed by atoms with Gasteiger partial charge in [0.2, 0.25) is 11.8 Å². The Bertz CT molecular complexity index is 402. The van der Waals surface area contributed by atoms with E-state index in [0.29, 0.717) is 12.8 Å². The van der Waals surface area contributed by atoms with Crippen LogP contribution >= 0.6 is 0 Å². The van der Waals surface area contributed by atoms with Gasteiger partial charge in [-0.2, -0.15) is 13.2 Å². The lowest BCUT2D eigenvalue weighted by Crippen LogP contribution is -2.54. The van der Waals surface area contributed by atoms with Gasteiger partial charge in [0.05, 0.1) is 5.92 Å². The van der Waals surface area contributed by atoms with Gasteiger partial charge >= 0.3 is 6.18 Å². The molecule has 2 rings (SSSR count). The Morgan fingerprint density at radius 1 is 1.20 bits per heavy atom. The van der Waals surface area contributed by atoms with Crippen LogP contribution in [0.5, 0.6) is 0 Å². The Morgan fingerprint density at radius 2 is 1.75 bits per heavy atom. The number of alkyl halides is 3. The quantitative estimate of drug-likeness (QED) is 0.697. The van der Waals surface area contributed by atoms with Crippen molar-refractivity contribution in [3.63, 3.8) is 0 Å². The number of hydrazine groups is 1. The van der Waals surface area contributed by atoms with Gasteiger partial charge in [-0.05, 0) is 24.7 Å². The SMILES string of the molecule is CN(C)N1C(=O)CC2(CCC[C@@H](C(F)(F)F)C2)CC1=O. The maximum atomic E-state index is 12.9. The summed E-state index contributed by atoms with van der Waals surface area (Å²) in [5.41, 5.74) is -0.793. The summed E-state index contributed by atoms with van der Waals surface area (Å²) < 4.78 is 38.7. The number of amides is 2. The predicted octanol–water partition coefficient (Wildman–Crippen LogP) is 2.35. The Balaban J connectivity index is 2.17. The van der Waals surface area contributed by atoms with Gasteiger partial charge in [0, 0.05) is 26.9 Å². The van der Waals surface area contributed by atoms with Crippen LogP contribution in [0, 0.1) is 11.3 Å². The first-order chi connectivity index (χ1) is 9.15. The van der Waals surface area contributed by atoms with Gasteiger partial charge in [-0.1, -0.05) is 6.42 Å². The molecule has 0 radical (unpaired) electrons. The molecule has 7 heteroatoms. The topological polar surface area (TPSA) is 40.6 Å². The minimum Gasteiger partial charge on any atom is -0.273 e. The third-order valence-electron chi connectivity index (χ3n) is 4.33. The molecule has 1 aliphatic carbocycles. The number of hydrogen-bond acceptors (Lipinski definition) is 3. The lowest BCUT2D eigenvalue weighted by atomic mass is 9.64. The number of imide groups is 1. The first-order valence-corrected chi connectivity index (χ1v) is 6.74. The predicted molar refractivity (Wildman–Crippen MR) is 65.2 cm³/mol. The summed E-state index contributed by atoms with van der Waals surface area (Å²) in [5.74, 6) is -2.18. The van der Waals surface area contributed by atoms with E-state index in [1.54, 1.807) is 14.1 Å². The first kappa shape index (κ1) is 15.3. The van der Waals surface area contributed by atoms with Crippen LogP contribution in [-0.2, 0) is 9.59 Å². The number of rotatable bonds is 1. The summed E-state index contributed by atoms with van der Waals surface area (Å²) in [6, 6.07) is 0. The summed E-state index contributed by atoms with van der Waals surface area (Å²) in [5, 5.41) is 2.42. The molecular formula is C13H19F3N2O2. The fourth-order valence-corrected chi connectivity index (χ4v) is 3.49. The highest BCUT2D eigenvalue weighted by Crippen LogP contribution is 2.51. The van der Waals surface area contributed by atoms with E-state index in [1.807, 2.05) is 0 Å². The lowest BCUT2D eigenvalue weighted by molar-refractivity contribution is -0.200. The van der Waals surface area contributed by atoms with Crippen LogP contribution in [0.1, 0.15) is 38.5 Å². The van der Waals surface area contributed by atoms with Gasteiger partial charge in [0.1, 0.15) is 0 Å². The number of piperidine rings is 1. The van der Waals surface area contributed by atoms with E-state index in [0.717, 1.165) is 5.01 Å². The summed E-state index contributed by atoms with van der Waals surface area (Å²) >= 11 is 0. The third-order valence-corrected chi connectivity index (χ3v) is 4.33. The second kappa shape index (κ2) is 5.02. The highest BCUT2D eigenvalue weighted by Gasteiger charge is 2.52. The fourth-order valence-electron chi connectivity index (χ4n) is 3.49. The Hall–Kier alpha value is -1.11. The van der Waals surface area contributed by atoms with Crippen LogP contribution in [0.3, 0.4) is 0 Å². The zero-order chi connectivity index (χ0) is 15.1. The molecule has 2 amide bonds. The second-order valence-corrected chi connectivity index (χ2v) is 6.13.